The maximum absolute atomic E-state index is 13.3. The van der Waals surface area contributed by atoms with E-state index >= 15 is 0 Å². The maximum atomic E-state index is 13.3. The number of halogens is 1. The highest BCUT2D eigenvalue weighted by atomic mass is 35.5. The number of aromatic nitrogens is 5. The highest BCUT2D eigenvalue weighted by Gasteiger charge is 2.14. The van der Waals surface area contributed by atoms with Gasteiger partial charge in [-0.3, -0.25) is 13.8 Å². The molecule has 0 atom stereocenters. The van der Waals surface area contributed by atoms with Crippen molar-refractivity contribution < 1.29 is 0 Å². The predicted molar refractivity (Wildman–Crippen MR) is 115 cm³/mol. The highest BCUT2D eigenvalue weighted by molar-refractivity contribution is 7.98. The molecule has 5 rings (SSSR count). The normalized spacial score (nSPS) is 11.3. The number of benzene rings is 2. The zero-order valence-corrected chi connectivity index (χ0v) is 16.6. The molecule has 142 valence electrons. The van der Waals surface area contributed by atoms with Gasteiger partial charge in [-0.25, -0.2) is 15.0 Å². The fourth-order valence-corrected chi connectivity index (χ4v) is 4.22. The molecule has 8 heteroatoms. The summed E-state index contributed by atoms with van der Waals surface area (Å²) in [5.74, 6) is 1.19. The van der Waals surface area contributed by atoms with Crippen LogP contribution < -0.4 is 5.56 Å². The minimum atomic E-state index is -0.128. The summed E-state index contributed by atoms with van der Waals surface area (Å²) in [7, 11) is 0. The third kappa shape index (κ3) is 3.39. The lowest BCUT2D eigenvalue weighted by Gasteiger charge is -2.13. The Morgan fingerprint density at radius 3 is 2.79 bits per heavy atom. The Balaban J connectivity index is 1.61. The Morgan fingerprint density at radius 2 is 1.93 bits per heavy atom. The van der Waals surface area contributed by atoms with E-state index in [0.717, 1.165) is 5.69 Å². The van der Waals surface area contributed by atoms with E-state index < -0.39 is 0 Å². The van der Waals surface area contributed by atoms with Gasteiger partial charge in [0.25, 0.3) is 5.56 Å². The molecule has 2 aromatic carbocycles. The van der Waals surface area contributed by atoms with E-state index in [0.29, 0.717) is 38.3 Å². The fourth-order valence-electron chi connectivity index (χ4n) is 3.14. The number of nitrogens with zero attached hydrogens (tertiary/aromatic N) is 5. The predicted octanol–water partition coefficient (Wildman–Crippen LogP) is 4.37. The molecule has 0 unspecified atom stereocenters. The molecule has 0 saturated heterocycles. The first-order valence-electron chi connectivity index (χ1n) is 8.88. The monoisotopic (exact) mass is 419 g/mol. The average molecular weight is 420 g/mol. The van der Waals surface area contributed by atoms with E-state index in [2.05, 4.69) is 9.97 Å². The molecular formula is C21H14ClN5OS. The van der Waals surface area contributed by atoms with E-state index in [9.17, 15) is 4.79 Å². The van der Waals surface area contributed by atoms with Crippen molar-refractivity contribution in [2.24, 2.45) is 0 Å². The van der Waals surface area contributed by atoms with Crippen LogP contribution in [0.25, 0.3) is 22.4 Å². The topological polar surface area (TPSA) is 65.1 Å². The number of hydrogen-bond donors (Lipinski definition) is 0. The van der Waals surface area contributed by atoms with E-state index in [1.807, 2.05) is 53.2 Å². The molecule has 0 amide bonds. The molecule has 0 aliphatic rings. The Hall–Kier alpha value is -3.16. The summed E-state index contributed by atoms with van der Waals surface area (Å²) in [4.78, 5) is 26.8. The molecule has 29 heavy (non-hydrogen) atoms. The molecule has 6 nitrogen and oxygen atoms in total. The van der Waals surface area contributed by atoms with E-state index in [1.54, 1.807) is 29.0 Å². The lowest BCUT2D eigenvalue weighted by molar-refractivity contribution is 0.819. The summed E-state index contributed by atoms with van der Waals surface area (Å²) in [6, 6.07) is 16.4. The molecule has 3 aromatic heterocycles. The molecule has 0 bridgehead atoms. The van der Waals surface area contributed by atoms with Crippen LogP contribution in [0.5, 0.6) is 0 Å². The Morgan fingerprint density at radius 1 is 1.03 bits per heavy atom. The van der Waals surface area contributed by atoms with Gasteiger partial charge in [-0.15, -0.1) is 0 Å². The largest absolute Gasteiger partial charge is 0.291 e. The second kappa shape index (κ2) is 7.35. The van der Waals surface area contributed by atoms with Crippen molar-refractivity contribution in [3.8, 4) is 5.69 Å². The zero-order valence-electron chi connectivity index (χ0n) is 15.1. The van der Waals surface area contributed by atoms with Gasteiger partial charge in [0.05, 0.1) is 22.3 Å². The first kappa shape index (κ1) is 17.9. The summed E-state index contributed by atoms with van der Waals surface area (Å²) >= 11 is 7.62. The number of rotatable bonds is 4. The summed E-state index contributed by atoms with van der Waals surface area (Å²) in [5, 5.41) is 1.71. The lowest BCUT2D eigenvalue weighted by atomic mass is 10.2. The second-order valence-electron chi connectivity index (χ2n) is 6.38. The van der Waals surface area contributed by atoms with Crippen molar-refractivity contribution >= 4 is 40.0 Å². The lowest BCUT2D eigenvalue weighted by Crippen LogP contribution is -2.21. The first-order valence-corrected chi connectivity index (χ1v) is 10.2. The standard InChI is InChI=1S/C21H14ClN5OS/c22-14-5-3-6-16(11-14)27-19(28)17-7-1-2-8-18(17)25-21(27)29-13-15-12-26-10-4-9-23-20(26)24-15/h1-12H,13H2. The van der Waals surface area contributed by atoms with E-state index in [-0.39, 0.29) is 5.56 Å². The maximum Gasteiger partial charge on any atom is 0.266 e. The molecular weight excluding hydrogens is 406 g/mol. The van der Waals surface area contributed by atoms with Crippen LogP contribution in [0.4, 0.5) is 0 Å². The number of para-hydroxylation sites is 1. The fraction of sp³-hybridized carbons (Fsp3) is 0.0476. The molecule has 0 N–H and O–H groups in total. The van der Waals surface area contributed by atoms with Crippen molar-refractivity contribution in [1.82, 2.24) is 23.9 Å². The summed E-state index contributed by atoms with van der Waals surface area (Å²) in [6.45, 7) is 0. The van der Waals surface area contributed by atoms with Gasteiger partial charge in [0.15, 0.2) is 5.16 Å². The van der Waals surface area contributed by atoms with Gasteiger partial charge in [-0.2, -0.15) is 0 Å². The molecule has 0 spiro atoms. The highest BCUT2D eigenvalue weighted by Crippen LogP contribution is 2.25. The molecule has 3 heterocycles. The third-order valence-electron chi connectivity index (χ3n) is 4.45. The summed E-state index contributed by atoms with van der Waals surface area (Å²) in [6.07, 6.45) is 5.54. The van der Waals surface area contributed by atoms with Gasteiger partial charge in [-0.05, 0) is 36.4 Å². The molecule has 5 aromatic rings. The van der Waals surface area contributed by atoms with Crippen LogP contribution in [0, 0.1) is 0 Å². The molecule has 0 aliphatic carbocycles. The quantitative estimate of drug-likeness (QED) is 0.319. The Labute approximate surface area is 174 Å². The van der Waals surface area contributed by atoms with Crippen molar-refractivity contribution in [2.45, 2.75) is 10.9 Å². The van der Waals surface area contributed by atoms with Crippen LogP contribution in [0.3, 0.4) is 0 Å². The third-order valence-corrected chi connectivity index (χ3v) is 5.65. The van der Waals surface area contributed by atoms with Crippen LogP contribution >= 0.6 is 23.4 Å². The number of imidazole rings is 1. The molecule has 0 fully saturated rings. The minimum absolute atomic E-state index is 0.128. The molecule has 0 aliphatic heterocycles. The average Bonchev–Trinajstić information content (AvgIpc) is 3.15. The van der Waals surface area contributed by atoms with Crippen molar-refractivity contribution in [3.05, 3.63) is 94.3 Å². The van der Waals surface area contributed by atoms with Crippen LogP contribution in [-0.4, -0.2) is 23.9 Å². The van der Waals surface area contributed by atoms with Crippen LogP contribution in [-0.2, 0) is 5.75 Å². The SMILES string of the molecule is O=c1c2ccccc2nc(SCc2cn3cccnc3n2)n1-c1cccc(Cl)c1. The van der Waals surface area contributed by atoms with Crippen LogP contribution in [0.2, 0.25) is 5.02 Å². The van der Waals surface area contributed by atoms with Gasteiger partial charge < -0.3 is 0 Å². The smallest absolute Gasteiger partial charge is 0.266 e. The molecule has 0 saturated carbocycles. The number of hydrogen-bond acceptors (Lipinski definition) is 5. The van der Waals surface area contributed by atoms with Crippen molar-refractivity contribution in [3.63, 3.8) is 0 Å². The van der Waals surface area contributed by atoms with Gasteiger partial charge in [0.2, 0.25) is 5.78 Å². The van der Waals surface area contributed by atoms with Crippen LogP contribution in [0.1, 0.15) is 5.69 Å². The number of thioether (sulfide) groups is 1. The zero-order chi connectivity index (χ0) is 19.8. The van der Waals surface area contributed by atoms with E-state index in [1.165, 1.54) is 11.8 Å². The first-order chi connectivity index (χ1) is 14.2. The van der Waals surface area contributed by atoms with Gasteiger partial charge in [0, 0.05) is 29.4 Å². The van der Waals surface area contributed by atoms with Crippen molar-refractivity contribution in [1.29, 1.82) is 0 Å². The Bertz CT molecular complexity index is 1380. The van der Waals surface area contributed by atoms with Gasteiger partial charge in [0.1, 0.15) is 0 Å². The second-order valence-corrected chi connectivity index (χ2v) is 7.76. The van der Waals surface area contributed by atoms with Gasteiger partial charge >= 0.3 is 0 Å². The summed E-state index contributed by atoms with van der Waals surface area (Å²) < 4.78 is 3.47. The van der Waals surface area contributed by atoms with E-state index in [4.69, 9.17) is 16.6 Å². The summed E-state index contributed by atoms with van der Waals surface area (Å²) in [5.41, 5.74) is 2.07. The number of fused-ring (bicyclic) bond motifs is 2. The minimum Gasteiger partial charge on any atom is -0.291 e. The Kier molecular flexibility index (Phi) is 4.54. The van der Waals surface area contributed by atoms with Crippen LogP contribution in [0.15, 0.2) is 83.1 Å². The van der Waals surface area contributed by atoms with Crippen molar-refractivity contribution in [2.75, 3.05) is 0 Å². The molecule has 0 radical (unpaired) electrons. The van der Waals surface area contributed by atoms with Gasteiger partial charge in [-0.1, -0.05) is 41.6 Å².